The summed E-state index contributed by atoms with van der Waals surface area (Å²) in [5.41, 5.74) is 0. The Morgan fingerprint density at radius 1 is 0.311 bits per heavy atom. The van der Waals surface area contributed by atoms with Gasteiger partial charge in [0.15, 0.2) is 6.10 Å². The molecule has 61 heavy (non-hydrogen) atoms. The van der Waals surface area contributed by atoms with Crippen LogP contribution in [0.5, 0.6) is 0 Å². The van der Waals surface area contributed by atoms with Crippen molar-refractivity contribution in [2.75, 3.05) is 13.2 Å². The zero-order valence-corrected chi connectivity index (χ0v) is 41.7. The lowest BCUT2D eigenvalue weighted by molar-refractivity contribution is -0.161. The summed E-state index contributed by atoms with van der Waals surface area (Å²) in [5, 5.41) is 9.65. The van der Waals surface area contributed by atoms with Crippen molar-refractivity contribution in [1.82, 2.24) is 0 Å². The summed E-state index contributed by atoms with van der Waals surface area (Å²) >= 11 is 0. The number of rotatable bonds is 53. The maximum Gasteiger partial charge on any atom is 0.306 e. The zero-order chi connectivity index (χ0) is 44.2. The standard InChI is InChI=1S/C56H110O5/c1-3-5-7-9-11-13-15-17-19-21-23-25-26-27-28-29-31-33-35-37-39-41-43-45-47-49-51-56(59)61-54(52-57)53-60-55(58)50-48-46-44-42-40-38-36-34-32-30-24-22-20-18-16-14-12-10-8-6-4-2/h54,57H,3-53H2,1-2H3. The van der Waals surface area contributed by atoms with Crippen LogP contribution in [0, 0.1) is 0 Å². The molecule has 0 aliphatic heterocycles. The maximum absolute atomic E-state index is 12.3. The molecule has 0 radical (unpaired) electrons. The Morgan fingerprint density at radius 2 is 0.508 bits per heavy atom. The number of aliphatic hydroxyl groups is 1. The first kappa shape index (κ1) is 59.9. The highest BCUT2D eigenvalue weighted by Gasteiger charge is 2.16. The van der Waals surface area contributed by atoms with Crippen molar-refractivity contribution < 1.29 is 24.2 Å². The van der Waals surface area contributed by atoms with Gasteiger partial charge in [0.2, 0.25) is 0 Å². The molecule has 0 aromatic heterocycles. The molecule has 364 valence electrons. The largest absolute Gasteiger partial charge is 0.462 e. The number of hydrogen-bond acceptors (Lipinski definition) is 5. The van der Waals surface area contributed by atoms with Gasteiger partial charge >= 0.3 is 11.9 Å². The molecule has 5 heteroatoms. The number of carbonyl (C=O) groups is 2. The van der Waals surface area contributed by atoms with Gasteiger partial charge in [-0.2, -0.15) is 0 Å². The van der Waals surface area contributed by atoms with Crippen molar-refractivity contribution in [3.63, 3.8) is 0 Å². The summed E-state index contributed by atoms with van der Waals surface area (Å²) in [6.45, 7) is 4.21. The van der Waals surface area contributed by atoms with Gasteiger partial charge in [0.25, 0.3) is 0 Å². The van der Waals surface area contributed by atoms with Gasteiger partial charge in [-0.1, -0.05) is 303 Å². The van der Waals surface area contributed by atoms with E-state index in [1.807, 2.05) is 0 Å². The predicted octanol–water partition coefficient (Wildman–Crippen LogP) is 18.6. The van der Waals surface area contributed by atoms with Crippen LogP contribution in [0.1, 0.15) is 328 Å². The van der Waals surface area contributed by atoms with Gasteiger partial charge in [-0.15, -0.1) is 0 Å². The van der Waals surface area contributed by atoms with E-state index < -0.39 is 6.10 Å². The molecule has 0 aromatic rings. The Labute approximate surface area is 382 Å². The molecular formula is C56H110O5. The second-order valence-electron chi connectivity index (χ2n) is 19.4. The van der Waals surface area contributed by atoms with Crippen LogP contribution in [0.25, 0.3) is 0 Å². The van der Waals surface area contributed by atoms with Crippen LogP contribution < -0.4 is 0 Å². The number of unbranched alkanes of at least 4 members (excludes halogenated alkanes) is 45. The zero-order valence-electron chi connectivity index (χ0n) is 41.7. The second kappa shape index (κ2) is 53.2. The van der Waals surface area contributed by atoms with E-state index in [4.69, 9.17) is 9.47 Å². The molecule has 5 nitrogen and oxygen atoms in total. The number of aliphatic hydroxyl groups excluding tert-OH is 1. The minimum absolute atomic E-state index is 0.0557. The summed E-state index contributed by atoms with van der Waals surface area (Å²) < 4.78 is 10.7. The topological polar surface area (TPSA) is 72.8 Å². The summed E-state index contributed by atoms with van der Waals surface area (Å²) in [4.78, 5) is 24.5. The minimum atomic E-state index is -0.764. The van der Waals surface area contributed by atoms with E-state index in [2.05, 4.69) is 13.8 Å². The first-order valence-electron chi connectivity index (χ1n) is 28.1. The smallest absolute Gasteiger partial charge is 0.306 e. The molecule has 0 aromatic carbocycles. The van der Waals surface area contributed by atoms with Gasteiger partial charge in [0.1, 0.15) is 6.61 Å². The molecule has 0 rings (SSSR count). The number of hydrogen-bond donors (Lipinski definition) is 1. The van der Waals surface area contributed by atoms with Gasteiger partial charge < -0.3 is 14.6 Å². The molecule has 0 bridgehead atoms. The lowest BCUT2D eigenvalue weighted by Gasteiger charge is -2.15. The third-order valence-corrected chi connectivity index (χ3v) is 13.2. The molecular weight excluding hydrogens is 753 g/mol. The highest BCUT2D eigenvalue weighted by molar-refractivity contribution is 5.70. The number of esters is 2. The Kier molecular flexibility index (Phi) is 52.3. The van der Waals surface area contributed by atoms with E-state index in [0.29, 0.717) is 12.8 Å². The summed E-state index contributed by atoms with van der Waals surface area (Å²) in [6.07, 6.45) is 63.7. The average molecular weight is 863 g/mol. The van der Waals surface area contributed by atoms with Crippen molar-refractivity contribution in [3.8, 4) is 0 Å². The van der Waals surface area contributed by atoms with E-state index >= 15 is 0 Å². The minimum Gasteiger partial charge on any atom is -0.462 e. The Bertz CT molecular complexity index is 845. The van der Waals surface area contributed by atoms with E-state index in [1.165, 1.54) is 270 Å². The van der Waals surface area contributed by atoms with Crippen molar-refractivity contribution in [2.45, 2.75) is 335 Å². The van der Waals surface area contributed by atoms with Crippen molar-refractivity contribution >= 4 is 11.9 Å². The lowest BCUT2D eigenvalue weighted by Crippen LogP contribution is -2.28. The molecule has 0 aliphatic carbocycles. The molecule has 0 aliphatic rings. The fraction of sp³-hybridized carbons (Fsp3) is 0.964. The molecule has 0 spiro atoms. The fourth-order valence-electron chi connectivity index (χ4n) is 8.91. The molecule has 1 atom stereocenters. The van der Waals surface area contributed by atoms with E-state index in [-0.39, 0.29) is 25.2 Å². The van der Waals surface area contributed by atoms with Crippen molar-refractivity contribution in [1.29, 1.82) is 0 Å². The van der Waals surface area contributed by atoms with Crippen molar-refractivity contribution in [2.24, 2.45) is 0 Å². The van der Waals surface area contributed by atoms with Gasteiger partial charge in [-0.3, -0.25) is 9.59 Å². The number of ether oxygens (including phenoxy) is 2. The van der Waals surface area contributed by atoms with Crippen LogP contribution in [0.3, 0.4) is 0 Å². The fourth-order valence-corrected chi connectivity index (χ4v) is 8.91. The predicted molar refractivity (Wildman–Crippen MR) is 266 cm³/mol. The molecule has 0 saturated carbocycles. The van der Waals surface area contributed by atoms with Crippen LogP contribution in [0.4, 0.5) is 0 Å². The van der Waals surface area contributed by atoms with E-state index in [0.717, 1.165) is 32.1 Å². The second-order valence-corrected chi connectivity index (χ2v) is 19.4. The van der Waals surface area contributed by atoms with Crippen LogP contribution >= 0.6 is 0 Å². The number of carbonyl (C=O) groups excluding carboxylic acids is 2. The Balaban J connectivity index is 3.39. The van der Waals surface area contributed by atoms with Crippen LogP contribution in [0.15, 0.2) is 0 Å². The maximum atomic E-state index is 12.3. The van der Waals surface area contributed by atoms with Crippen LogP contribution in [-0.2, 0) is 19.1 Å². The SMILES string of the molecule is CCCCCCCCCCCCCCCCCCCCCCCCCCCCC(=O)OC(CO)COC(=O)CCCCCCCCCCCCCCCCCCCCCCC. The van der Waals surface area contributed by atoms with Gasteiger partial charge in [-0.05, 0) is 12.8 Å². The highest BCUT2D eigenvalue weighted by Crippen LogP contribution is 2.18. The van der Waals surface area contributed by atoms with E-state index in [9.17, 15) is 14.7 Å². The van der Waals surface area contributed by atoms with E-state index in [1.54, 1.807) is 0 Å². The third-order valence-electron chi connectivity index (χ3n) is 13.2. The van der Waals surface area contributed by atoms with Gasteiger partial charge in [-0.25, -0.2) is 0 Å². The molecule has 0 amide bonds. The molecule has 0 fully saturated rings. The quantitative estimate of drug-likeness (QED) is 0.0487. The van der Waals surface area contributed by atoms with Crippen LogP contribution in [-0.4, -0.2) is 36.4 Å². The van der Waals surface area contributed by atoms with Crippen LogP contribution in [0.2, 0.25) is 0 Å². The normalized spacial score (nSPS) is 12.0. The summed E-state index contributed by atoms with van der Waals surface area (Å²) in [7, 11) is 0. The average Bonchev–Trinajstić information content (AvgIpc) is 3.26. The molecule has 0 heterocycles. The summed E-state index contributed by atoms with van der Waals surface area (Å²) in [5.74, 6) is -0.563. The molecule has 1 unspecified atom stereocenters. The first-order chi connectivity index (χ1) is 30.1. The lowest BCUT2D eigenvalue weighted by atomic mass is 10.0. The van der Waals surface area contributed by atoms with Gasteiger partial charge in [0.05, 0.1) is 6.61 Å². The Hall–Kier alpha value is -1.10. The summed E-state index contributed by atoms with van der Waals surface area (Å²) in [6, 6.07) is 0. The monoisotopic (exact) mass is 863 g/mol. The highest BCUT2D eigenvalue weighted by atomic mass is 16.6. The first-order valence-corrected chi connectivity index (χ1v) is 28.1. The van der Waals surface area contributed by atoms with Gasteiger partial charge in [0, 0.05) is 12.8 Å². The molecule has 0 saturated heterocycles. The van der Waals surface area contributed by atoms with Crippen molar-refractivity contribution in [3.05, 3.63) is 0 Å². The third kappa shape index (κ3) is 51.4. The Morgan fingerprint density at radius 3 is 0.721 bits per heavy atom. The molecule has 1 N–H and O–H groups in total.